The molecule has 1 rings (SSSR count). The molecule has 0 radical (unpaired) electrons. The summed E-state index contributed by atoms with van der Waals surface area (Å²) >= 11 is 0. The molecule has 0 spiro atoms. The van der Waals surface area contributed by atoms with E-state index >= 15 is 0 Å². The zero-order valence-electron chi connectivity index (χ0n) is 12.3. The van der Waals surface area contributed by atoms with Crippen molar-refractivity contribution in [2.45, 2.75) is 18.6 Å². The highest BCUT2D eigenvalue weighted by Crippen LogP contribution is 2.35. The first kappa shape index (κ1) is 17.6. The van der Waals surface area contributed by atoms with E-state index in [1.54, 1.807) is 25.2 Å². The summed E-state index contributed by atoms with van der Waals surface area (Å²) in [5.74, 6) is 1.23. The molecule has 21 heavy (non-hydrogen) atoms. The number of halogens is 3. The van der Waals surface area contributed by atoms with E-state index in [0.29, 0.717) is 17.9 Å². The summed E-state index contributed by atoms with van der Waals surface area (Å²) in [6, 6.07) is 5.11. The van der Waals surface area contributed by atoms with Crippen LogP contribution in [0.3, 0.4) is 0 Å². The van der Waals surface area contributed by atoms with Crippen molar-refractivity contribution in [2.24, 2.45) is 0 Å². The number of hydrogen-bond donors (Lipinski definition) is 1. The van der Waals surface area contributed by atoms with Gasteiger partial charge in [-0.15, -0.1) is 0 Å². The van der Waals surface area contributed by atoms with Gasteiger partial charge in [0.25, 0.3) is 0 Å². The van der Waals surface area contributed by atoms with Gasteiger partial charge in [-0.2, -0.15) is 13.2 Å². The maximum atomic E-state index is 12.0. The van der Waals surface area contributed by atoms with E-state index in [1.165, 1.54) is 14.2 Å². The molecule has 4 nitrogen and oxygen atoms in total. The molecular weight excluding hydrogens is 287 g/mol. The number of ether oxygens (including phenoxy) is 3. The van der Waals surface area contributed by atoms with E-state index in [1.807, 2.05) is 0 Å². The molecular formula is C14H20F3NO3. The van der Waals surface area contributed by atoms with Gasteiger partial charge in [-0.3, -0.25) is 0 Å². The predicted octanol–water partition coefficient (Wildman–Crippen LogP) is 2.93. The zero-order chi connectivity index (χ0) is 15.9. The monoisotopic (exact) mass is 307 g/mol. The number of methoxy groups -OCH3 is 2. The lowest BCUT2D eigenvalue weighted by Crippen LogP contribution is -2.22. The predicted molar refractivity (Wildman–Crippen MR) is 72.8 cm³/mol. The van der Waals surface area contributed by atoms with E-state index in [9.17, 15) is 13.2 Å². The molecule has 0 aromatic heterocycles. The molecule has 0 saturated carbocycles. The van der Waals surface area contributed by atoms with E-state index in [4.69, 9.17) is 9.47 Å². The second kappa shape index (κ2) is 8.09. The summed E-state index contributed by atoms with van der Waals surface area (Å²) in [5.41, 5.74) is 0.764. The van der Waals surface area contributed by atoms with Crippen molar-refractivity contribution < 1.29 is 27.4 Å². The fraction of sp³-hybridized carbons (Fsp3) is 0.571. The highest BCUT2D eigenvalue weighted by molar-refractivity contribution is 5.47. The molecule has 0 aliphatic rings. The maximum absolute atomic E-state index is 12.0. The average molecular weight is 307 g/mol. The van der Waals surface area contributed by atoms with Crippen molar-refractivity contribution in [2.75, 3.05) is 34.5 Å². The quantitative estimate of drug-likeness (QED) is 0.750. The van der Waals surface area contributed by atoms with E-state index in [2.05, 4.69) is 10.1 Å². The molecule has 120 valence electrons. The van der Waals surface area contributed by atoms with Gasteiger partial charge in [0.1, 0.15) is 18.1 Å². The Morgan fingerprint density at radius 2 is 1.71 bits per heavy atom. The molecule has 1 unspecified atom stereocenters. The number of nitrogens with one attached hydrogen (secondary N) is 1. The molecule has 0 heterocycles. The Kier molecular flexibility index (Phi) is 6.77. The molecule has 1 aromatic rings. The van der Waals surface area contributed by atoms with Crippen molar-refractivity contribution in [3.63, 3.8) is 0 Å². The van der Waals surface area contributed by atoms with Crippen LogP contribution in [0.1, 0.15) is 18.0 Å². The Bertz CT molecular complexity index is 416. The standard InChI is InChI=1S/C14H20F3NO3/c1-18-10(7-8-21-9-14(15,16)17)13-11(19-2)5-4-6-12(13)20-3/h4-6,10,18H,7-9H2,1-3H3. The van der Waals surface area contributed by atoms with Crippen LogP contribution in [0.2, 0.25) is 0 Å². The summed E-state index contributed by atoms with van der Waals surface area (Å²) in [7, 11) is 4.79. The Morgan fingerprint density at radius 1 is 1.14 bits per heavy atom. The fourth-order valence-electron chi connectivity index (χ4n) is 2.05. The first-order valence-corrected chi connectivity index (χ1v) is 6.45. The Morgan fingerprint density at radius 3 is 2.14 bits per heavy atom. The minimum Gasteiger partial charge on any atom is -0.496 e. The third-order valence-electron chi connectivity index (χ3n) is 2.98. The first-order chi connectivity index (χ1) is 9.92. The van der Waals surface area contributed by atoms with Crippen LogP contribution < -0.4 is 14.8 Å². The third-order valence-corrected chi connectivity index (χ3v) is 2.98. The third kappa shape index (κ3) is 5.43. The van der Waals surface area contributed by atoms with Gasteiger partial charge >= 0.3 is 6.18 Å². The highest BCUT2D eigenvalue weighted by atomic mass is 19.4. The molecule has 0 fully saturated rings. The van der Waals surface area contributed by atoms with Crippen LogP contribution in [0, 0.1) is 0 Å². The van der Waals surface area contributed by atoms with E-state index < -0.39 is 12.8 Å². The number of benzene rings is 1. The van der Waals surface area contributed by atoms with Gasteiger partial charge in [0.2, 0.25) is 0 Å². The second-order valence-corrected chi connectivity index (χ2v) is 4.37. The zero-order valence-corrected chi connectivity index (χ0v) is 12.3. The smallest absolute Gasteiger partial charge is 0.411 e. The average Bonchev–Trinajstić information content (AvgIpc) is 2.45. The molecule has 0 bridgehead atoms. The molecule has 1 N–H and O–H groups in total. The molecule has 0 saturated heterocycles. The molecule has 0 amide bonds. The number of hydrogen-bond acceptors (Lipinski definition) is 4. The molecule has 7 heteroatoms. The van der Waals surface area contributed by atoms with Crippen LogP contribution >= 0.6 is 0 Å². The largest absolute Gasteiger partial charge is 0.496 e. The number of alkyl halides is 3. The summed E-state index contributed by atoms with van der Waals surface area (Å²) < 4.78 is 51.4. The summed E-state index contributed by atoms with van der Waals surface area (Å²) in [6.07, 6.45) is -3.94. The summed E-state index contributed by atoms with van der Waals surface area (Å²) in [5, 5.41) is 3.04. The molecule has 0 aliphatic carbocycles. The van der Waals surface area contributed by atoms with Gasteiger partial charge in [0, 0.05) is 12.6 Å². The Hall–Kier alpha value is -1.47. The molecule has 1 aromatic carbocycles. The molecule has 0 aliphatic heterocycles. The van der Waals surface area contributed by atoms with Gasteiger partial charge in [-0.05, 0) is 25.6 Å². The van der Waals surface area contributed by atoms with Gasteiger partial charge in [-0.25, -0.2) is 0 Å². The van der Waals surface area contributed by atoms with Gasteiger partial charge in [0.15, 0.2) is 0 Å². The van der Waals surface area contributed by atoms with Crippen LogP contribution in [-0.4, -0.2) is 40.7 Å². The lowest BCUT2D eigenvalue weighted by molar-refractivity contribution is -0.174. The van der Waals surface area contributed by atoms with Crippen LogP contribution in [-0.2, 0) is 4.74 Å². The van der Waals surface area contributed by atoms with Crippen molar-refractivity contribution in [3.05, 3.63) is 23.8 Å². The number of rotatable bonds is 8. The van der Waals surface area contributed by atoms with Gasteiger partial charge in [-0.1, -0.05) is 6.07 Å². The minimum absolute atomic E-state index is 0.0216. The van der Waals surface area contributed by atoms with Crippen LogP contribution in [0.25, 0.3) is 0 Å². The van der Waals surface area contributed by atoms with Gasteiger partial charge < -0.3 is 19.5 Å². The Labute approximate surface area is 122 Å². The lowest BCUT2D eigenvalue weighted by Gasteiger charge is -2.22. The van der Waals surface area contributed by atoms with Gasteiger partial charge in [0.05, 0.1) is 19.8 Å². The normalized spacial score (nSPS) is 13.0. The van der Waals surface area contributed by atoms with Crippen LogP contribution in [0.15, 0.2) is 18.2 Å². The van der Waals surface area contributed by atoms with Crippen molar-refractivity contribution >= 4 is 0 Å². The van der Waals surface area contributed by atoms with Crippen molar-refractivity contribution in [1.82, 2.24) is 5.32 Å². The first-order valence-electron chi connectivity index (χ1n) is 6.45. The lowest BCUT2D eigenvalue weighted by atomic mass is 10.0. The van der Waals surface area contributed by atoms with Crippen LogP contribution in [0.4, 0.5) is 13.2 Å². The molecule has 1 atom stereocenters. The van der Waals surface area contributed by atoms with Crippen molar-refractivity contribution in [1.29, 1.82) is 0 Å². The van der Waals surface area contributed by atoms with Crippen molar-refractivity contribution in [3.8, 4) is 11.5 Å². The second-order valence-electron chi connectivity index (χ2n) is 4.37. The van der Waals surface area contributed by atoms with Crippen LogP contribution in [0.5, 0.6) is 11.5 Å². The van der Waals surface area contributed by atoms with E-state index in [-0.39, 0.29) is 12.6 Å². The fourth-order valence-corrected chi connectivity index (χ4v) is 2.05. The topological polar surface area (TPSA) is 39.7 Å². The minimum atomic E-state index is -4.31. The summed E-state index contributed by atoms with van der Waals surface area (Å²) in [6.45, 7) is -1.27. The summed E-state index contributed by atoms with van der Waals surface area (Å²) in [4.78, 5) is 0. The highest BCUT2D eigenvalue weighted by Gasteiger charge is 2.27. The van der Waals surface area contributed by atoms with E-state index in [0.717, 1.165) is 5.56 Å². The Balaban J connectivity index is 2.76. The maximum Gasteiger partial charge on any atom is 0.411 e. The SMILES string of the molecule is CNC(CCOCC(F)(F)F)c1c(OC)cccc1OC.